The molecule has 0 spiro atoms. The largest absolute Gasteiger partial charge is 0.334 e. The van der Waals surface area contributed by atoms with Crippen molar-refractivity contribution in [2.45, 2.75) is 25.4 Å². The molecule has 1 atom stereocenters. The van der Waals surface area contributed by atoms with Crippen LogP contribution in [0.1, 0.15) is 30.0 Å². The van der Waals surface area contributed by atoms with E-state index in [1.807, 2.05) is 6.07 Å². The molecule has 6 nitrogen and oxygen atoms in total. The molecule has 1 unspecified atom stereocenters. The summed E-state index contributed by atoms with van der Waals surface area (Å²) in [7, 11) is 1.22. The highest BCUT2D eigenvalue weighted by Crippen LogP contribution is 2.32. The second kappa shape index (κ2) is 11.7. The molecular formula is C30H26ClF2N3O3. The Morgan fingerprint density at radius 3 is 2.28 bits per heavy atom. The van der Waals surface area contributed by atoms with Gasteiger partial charge in [-0.2, -0.15) is 0 Å². The molecule has 0 aliphatic carbocycles. The summed E-state index contributed by atoms with van der Waals surface area (Å²) < 4.78 is 30.2. The fraction of sp³-hybridized carbons (Fsp3) is 0.233. The SMILES string of the molecule is CN(C(=O)N1CCN(Cc2ccccc2Cl)C(=O)C1(C)CC=O)c1c(F)cc(C#Cc2ccccc2)cc1F. The predicted octanol–water partition coefficient (Wildman–Crippen LogP) is 5.27. The molecule has 200 valence electrons. The Hall–Kier alpha value is -4.22. The molecule has 1 heterocycles. The van der Waals surface area contributed by atoms with Gasteiger partial charge in [-0.15, -0.1) is 0 Å². The standard InChI is InChI=1S/C30H26ClF2N3O3/c1-30(14-17-37)28(38)35(20-23-10-6-7-11-24(23)31)15-16-36(30)29(39)34(2)27-25(32)18-22(19-26(27)33)13-12-21-8-4-3-5-9-21/h3-11,17-19H,14-16,20H2,1-2H3. The molecule has 1 aliphatic rings. The predicted molar refractivity (Wildman–Crippen MR) is 145 cm³/mol. The molecule has 3 amide bonds. The van der Waals surface area contributed by atoms with Gasteiger partial charge in [0.15, 0.2) is 11.6 Å². The highest BCUT2D eigenvalue weighted by atomic mass is 35.5. The summed E-state index contributed by atoms with van der Waals surface area (Å²) in [5, 5.41) is 0.489. The van der Waals surface area contributed by atoms with E-state index >= 15 is 8.78 Å². The normalized spacial score (nSPS) is 16.9. The van der Waals surface area contributed by atoms with E-state index in [-0.39, 0.29) is 31.6 Å². The minimum atomic E-state index is -1.55. The van der Waals surface area contributed by atoms with Gasteiger partial charge < -0.3 is 14.6 Å². The summed E-state index contributed by atoms with van der Waals surface area (Å²) in [6.07, 6.45) is 0.266. The van der Waals surface area contributed by atoms with Gasteiger partial charge in [0.05, 0.1) is 0 Å². The summed E-state index contributed by atoms with van der Waals surface area (Å²) in [5.74, 6) is 3.13. The molecule has 0 saturated carbocycles. The molecule has 0 aromatic heterocycles. The molecule has 4 rings (SSSR count). The van der Waals surface area contributed by atoms with E-state index in [0.29, 0.717) is 16.9 Å². The maximum atomic E-state index is 15.1. The Morgan fingerprint density at radius 2 is 1.64 bits per heavy atom. The van der Waals surface area contributed by atoms with Crippen molar-refractivity contribution in [3.05, 3.63) is 100 Å². The van der Waals surface area contributed by atoms with Crippen molar-refractivity contribution in [3.63, 3.8) is 0 Å². The fourth-order valence-corrected chi connectivity index (χ4v) is 4.77. The lowest BCUT2D eigenvalue weighted by molar-refractivity contribution is -0.149. The van der Waals surface area contributed by atoms with Gasteiger partial charge >= 0.3 is 6.03 Å². The topological polar surface area (TPSA) is 60.9 Å². The van der Waals surface area contributed by atoms with Gasteiger partial charge in [0.1, 0.15) is 17.5 Å². The number of hydrogen-bond donors (Lipinski definition) is 0. The Bertz CT molecular complexity index is 1450. The minimum Gasteiger partial charge on any atom is -0.334 e. The van der Waals surface area contributed by atoms with E-state index in [1.165, 1.54) is 23.8 Å². The van der Waals surface area contributed by atoms with Gasteiger partial charge in [-0.25, -0.2) is 13.6 Å². The Balaban J connectivity index is 1.58. The lowest BCUT2D eigenvalue weighted by Crippen LogP contribution is -2.67. The van der Waals surface area contributed by atoms with Crippen LogP contribution in [0.4, 0.5) is 19.3 Å². The number of urea groups is 1. The number of carbonyl (C=O) groups is 3. The molecule has 39 heavy (non-hydrogen) atoms. The van der Waals surface area contributed by atoms with Gasteiger partial charge in [0.2, 0.25) is 5.91 Å². The molecule has 1 fully saturated rings. The van der Waals surface area contributed by atoms with Crippen molar-refractivity contribution in [2.24, 2.45) is 0 Å². The summed E-state index contributed by atoms with van der Waals surface area (Å²) in [6, 6.07) is 17.3. The van der Waals surface area contributed by atoms with Gasteiger partial charge in [0, 0.05) is 49.3 Å². The van der Waals surface area contributed by atoms with E-state index in [4.69, 9.17) is 11.6 Å². The molecule has 9 heteroatoms. The zero-order valence-electron chi connectivity index (χ0n) is 21.5. The monoisotopic (exact) mass is 549 g/mol. The number of carbonyl (C=O) groups excluding carboxylic acids is 3. The quantitative estimate of drug-likeness (QED) is 0.322. The number of rotatable bonds is 5. The Morgan fingerprint density at radius 1 is 1.03 bits per heavy atom. The van der Waals surface area contributed by atoms with Gasteiger partial charge in [0.25, 0.3) is 0 Å². The van der Waals surface area contributed by atoms with Crippen LogP contribution in [0.15, 0.2) is 66.7 Å². The molecule has 3 aromatic carbocycles. The lowest BCUT2D eigenvalue weighted by Gasteiger charge is -2.48. The second-order valence-electron chi connectivity index (χ2n) is 9.36. The van der Waals surface area contributed by atoms with Crippen molar-refractivity contribution in [1.82, 2.24) is 9.80 Å². The smallest absolute Gasteiger partial charge is 0.325 e. The van der Waals surface area contributed by atoms with Crippen molar-refractivity contribution in [1.29, 1.82) is 0 Å². The van der Waals surface area contributed by atoms with Gasteiger partial charge in [-0.05, 0) is 42.8 Å². The van der Waals surface area contributed by atoms with Crippen LogP contribution in [0, 0.1) is 23.5 Å². The van der Waals surface area contributed by atoms with Crippen molar-refractivity contribution < 1.29 is 23.2 Å². The Labute approximate surface area is 230 Å². The van der Waals surface area contributed by atoms with Crippen LogP contribution in [-0.2, 0) is 16.1 Å². The average Bonchev–Trinajstić information content (AvgIpc) is 2.91. The first-order chi connectivity index (χ1) is 18.7. The summed E-state index contributed by atoms with van der Waals surface area (Å²) in [5.41, 5.74) is -0.627. The summed E-state index contributed by atoms with van der Waals surface area (Å²) in [6.45, 7) is 1.87. The van der Waals surface area contributed by atoms with Crippen molar-refractivity contribution in [2.75, 3.05) is 25.0 Å². The van der Waals surface area contributed by atoms with Crippen LogP contribution in [0.2, 0.25) is 5.02 Å². The molecule has 1 saturated heterocycles. The van der Waals surface area contributed by atoms with E-state index in [2.05, 4.69) is 11.8 Å². The van der Waals surface area contributed by atoms with Crippen LogP contribution in [0.3, 0.4) is 0 Å². The number of nitrogens with zero attached hydrogens (tertiary/aromatic N) is 3. The van der Waals surface area contributed by atoms with E-state index < -0.39 is 34.8 Å². The summed E-state index contributed by atoms with van der Waals surface area (Å²) >= 11 is 6.26. The zero-order valence-corrected chi connectivity index (χ0v) is 22.2. The van der Waals surface area contributed by atoms with Crippen LogP contribution in [-0.4, -0.2) is 53.7 Å². The fourth-order valence-electron chi connectivity index (χ4n) is 4.58. The first-order valence-electron chi connectivity index (χ1n) is 12.2. The number of aldehydes is 1. The first kappa shape index (κ1) is 27.8. The molecule has 0 bridgehead atoms. The maximum Gasteiger partial charge on any atom is 0.325 e. The molecule has 3 aromatic rings. The first-order valence-corrected chi connectivity index (χ1v) is 12.6. The maximum absolute atomic E-state index is 15.1. The number of piperazine rings is 1. The van der Waals surface area contributed by atoms with E-state index in [1.54, 1.807) is 48.5 Å². The zero-order chi connectivity index (χ0) is 28.2. The average molecular weight is 550 g/mol. The third-order valence-corrected chi connectivity index (χ3v) is 7.10. The van der Waals surface area contributed by atoms with E-state index in [9.17, 15) is 14.4 Å². The number of amides is 3. The summed E-state index contributed by atoms with van der Waals surface area (Å²) in [4.78, 5) is 42.2. The minimum absolute atomic E-state index is 0.0492. The third-order valence-electron chi connectivity index (χ3n) is 6.73. The molecule has 0 N–H and O–H groups in total. The van der Waals surface area contributed by atoms with Crippen LogP contribution in [0.25, 0.3) is 0 Å². The van der Waals surface area contributed by atoms with Crippen LogP contribution < -0.4 is 4.90 Å². The van der Waals surface area contributed by atoms with Crippen LogP contribution >= 0.6 is 11.6 Å². The van der Waals surface area contributed by atoms with Crippen LogP contribution in [0.5, 0.6) is 0 Å². The van der Waals surface area contributed by atoms with Crippen molar-refractivity contribution in [3.8, 4) is 11.8 Å². The number of halogens is 3. The third kappa shape index (κ3) is 5.79. The second-order valence-corrected chi connectivity index (χ2v) is 9.77. The number of hydrogen-bond acceptors (Lipinski definition) is 3. The van der Waals surface area contributed by atoms with E-state index in [0.717, 1.165) is 22.6 Å². The molecule has 0 radical (unpaired) electrons. The lowest BCUT2D eigenvalue weighted by atomic mass is 9.91. The van der Waals surface area contributed by atoms with Gasteiger partial charge in [-0.1, -0.05) is 59.8 Å². The van der Waals surface area contributed by atoms with Crippen molar-refractivity contribution >= 4 is 35.5 Å². The highest BCUT2D eigenvalue weighted by Gasteiger charge is 2.48. The number of benzene rings is 3. The highest BCUT2D eigenvalue weighted by molar-refractivity contribution is 6.31. The molecule has 1 aliphatic heterocycles. The Kier molecular flexibility index (Phi) is 8.32. The number of anilines is 1. The van der Waals surface area contributed by atoms with Gasteiger partial charge in [-0.3, -0.25) is 9.69 Å². The molecular weight excluding hydrogens is 524 g/mol.